The zero-order chi connectivity index (χ0) is 34.8. The fraction of sp³-hybridized carbons (Fsp3) is 0.308. The zero-order valence-electron chi connectivity index (χ0n) is 28.1. The minimum Gasteiger partial charge on any atom is -0.494 e. The molecule has 4 rings (SSSR count). The van der Waals surface area contributed by atoms with Gasteiger partial charge in [-0.3, -0.25) is 4.79 Å². The summed E-state index contributed by atoms with van der Waals surface area (Å²) in [5, 5.41) is 0. The highest BCUT2D eigenvalue weighted by Gasteiger charge is 2.13. The first kappa shape index (κ1) is 36.6. The zero-order valence-corrected chi connectivity index (χ0v) is 28.1. The molecule has 0 amide bonds. The van der Waals surface area contributed by atoms with E-state index in [-0.39, 0.29) is 24.2 Å². The van der Waals surface area contributed by atoms with Crippen LogP contribution < -0.4 is 18.9 Å². The van der Waals surface area contributed by atoms with E-state index in [0.717, 1.165) is 23.3 Å². The van der Waals surface area contributed by atoms with Gasteiger partial charge in [-0.05, 0) is 97.3 Å². The molecule has 10 heteroatoms. The van der Waals surface area contributed by atoms with Gasteiger partial charge in [0, 0.05) is 0 Å². The molecule has 0 saturated carbocycles. The van der Waals surface area contributed by atoms with Gasteiger partial charge >= 0.3 is 17.9 Å². The Hall–Kier alpha value is -5.19. The third kappa shape index (κ3) is 12.1. The van der Waals surface area contributed by atoms with Gasteiger partial charge in [0.05, 0.1) is 50.1 Å². The molecule has 4 aromatic rings. The first-order chi connectivity index (χ1) is 23.9. The second-order valence-corrected chi connectivity index (χ2v) is 10.9. The molecule has 0 N–H and O–H groups in total. The van der Waals surface area contributed by atoms with E-state index in [1.54, 1.807) is 36.4 Å². The molecule has 0 radical (unpaired) electrons. The lowest BCUT2D eigenvalue weighted by atomic mass is 10.1. The maximum atomic E-state index is 12.7. The Morgan fingerprint density at radius 2 is 0.918 bits per heavy atom. The van der Waals surface area contributed by atoms with E-state index in [9.17, 15) is 14.4 Å². The van der Waals surface area contributed by atoms with E-state index < -0.39 is 11.9 Å². The predicted octanol–water partition coefficient (Wildman–Crippen LogP) is 7.19. The van der Waals surface area contributed by atoms with E-state index in [1.165, 1.54) is 24.3 Å². The molecule has 258 valence electrons. The fourth-order valence-corrected chi connectivity index (χ4v) is 4.35. The van der Waals surface area contributed by atoms with Gasteiger partial charge in [-0.15, -0.1) is 0 Å². The van der Waals surface area contributed by atoms with Crippen LogP contribution in [0.1, 0.15) is 47.9 Å². The first-order valence-electron chi connectivity index (χ1n) is 16.3. The van der Waals surface area contributed by atoms with Crippen molar-refractivity contribution >= 4 is 17.9 Å². The van der Waals surface area contributed by atoms with Crippen molar-refractivity contribution < 1.29 is 47.5 Å². The van der Waals surface area contributed by atoms with E-state index in [4.69, 9.17) is 33.2 Å². The number of hydrogen-bond acceptors (Lipinski definition) is 10. The van der Waals surface area contributed by atoms with Crippen molar-refractivity contribution in [3.8, 4) is 34.1 Å². The number of rotatable bonds is 19. The Morgan fingerprint density at radius 3 is 1.41 bits per heavy atom. The number of benzene rings is 4. The molecule has 0 bridgehead atoms. The first-order valence-corrected chi connectivity index (χ1v) is 16.3. The lowest BCUT2D eigenvalue weighted by Crippen LogP contribution is -2.18. The van der Waals surface area contributed by atoms with Crippen LogP contribution in [0.4, 0.5) is 0 Å². The van der Waals surface area contributed by atoms with E-state index in [0.29, 0.717) is 62.3 Å². The summed E-state index contributed by atoms with van der Waals surface area (Å²) < 4.78 is 38.1. The number of ether oxygens (including phenoxy) is 7. The normalized spacial score (nSPS) is 11.3. The highest BCUT2D eigenvalue weighted by Crippen LogP contribution is 2.25. The molecule has 49 heavy (non-hydrogen) atoms. The molecular formula is C39H42O10. The van der Waals surface area contributed by atoms with Crippen molar-refractivity contribution in [2.24, 2.45) is 5.92 Å². The highest BCUT2D eigenvalue weighted by atomic mass is 16.6. The third-order valence-electron chi connectivity index (χ3n) is 7.31. The summed E-state index contributed by atoms with van der Waals surface area (Å²) in [7, 11) is 0. The van der Waals surface area contributed by atoms with Crippen LogP contribution in [0.5, 0.6) is 23.0 Å². The number of esters is 3. The van der Waals surface area contributed by atoms with Crippen molar-refractivity contribution in [3.63, 3.8) is 0 Å². The molecule has 1 unspecified atom stereocenters. The lowest BCUT2D eigenvalue weighted by molar-refractivity contribution is -0.149. The van der Waals surface area contributed by atoms with Crippen LogP contribution in [0.15, 0.2) is 97.1 Å². The average molecular weight is 671 g/mol. The molecule has 1 atom stereocenters. The average Bonchev–Trinajstić information content (AvgIpc) is 3.13. The molecule has 0 aromatic heterocycles. The molecule has 0 aliphatic heterocycles. The van der Waals surface area contributed by atoms with E-state index >= 15 is 0 Å². The van der Waals surface area contributed by atoms with Gasteiger partial charge in [-0.2, -0.15) is 0 Å². The van der Waals surface area contributed by atoms with Crippen LogP contribution >= 0.6 is 0 Å². The second-order valence-electron chi connectivity index (χ2n) is 10.9. The van der Waals surface area contributed by atoms with Crippen molar-refractivity contribution in [1.29, 1.82) is 0 Å². The quantitative estimate of drug-likeness (QED) is 0.0577. The summed E-state index contributed by atoms with van der Waals surface area (Å²) in [6.07, 6.45) is 0.745. The molecule has 4 aromatic carbocycles. The number of hydrogen-bond donors (Lipinski definition) is 0. The Morgan fingerprint density at radius 1 is 0.510 bits per heavy atom. The summed E-state index contributed by atoms with van der Waals surface area (Å²) in [6, 6.07) is 27.7. The molecular weight excluding hydrogens is 628 g/mol. The van der Waals surface area contributed by atoms with Crippen molar-refractivity contribution in [2.45, 2.75) is 27.2 Å². The Bertz CT molecular complexity index is 1600. The van der Waals surface area contributed by atoms with Crippen LogP contribution in [0.2, 0.25) is 0 Å². The topological polar surface area (TPSA) is 116 Å². The number of carbonyl (C=O) groups is 3. The van der Waals surface area contributed by atoms with Crippen molar-refractivity contribution in [2.75, 3.05) is 46.2 Å². The molecule has 0 saturated heterocycles. The minimum atomic E-state index is -0.549. The van der Waals surface area contributed by atoms with Gasteiger partial charge in [-0.1, -0.05) is 38.1 Å². The maximum absolute atomic E-state index is 12.7. The van der Waals surface area contributed by atoms with Gasteiger partial charge < -0.3 is 33.2 Å². The molecule has 0 aliphatic carbocycles. The van der Waals surface area contributed by atoms with Crippen LogP contribution in [0, 0.1) is 5.92 Å². The maximum Gasteiger partial charge on any atom is 0.343 e. The van der Waals surface area contributed by atoms with Crippen LogP contribution in [-0.2, 0) is 19.0 Å². The van der Waals surface area contributed by atoms with Gasteiger partial charge in [-0.25, -0.2) is 9.59 Å². The largest absolute Gasteiger partial charge is 0.494 e. The summed E-state index contributed by atoms with van der Waals surface area (Å²) in [6.45, 7) is 8.31. The Balaban J connectivity index is 1.12. The lowest BCUT2D eigenvalue weighted by Gasteiger charge is -2.10. The molecule has 10 nitrogen and oxygen atoms in total. The van der Waals surface area contributed by atoms with Gasteiger partial charge in [0.1, 0.15) is 36.2 Å². The van der Waals surface area contributed by atoms with E-state index in [2.05, 4.69) is 0 Å². The molecule has 0 spiro atoms. The highest BCUT2D eigenvalue weighted by molar-refractivity contribution is 5.92. The van der Waals surface area contributed by atoms with Crippen LogP contribution in [0.3, 0.4) is 0 Å². The predicted molar refractivity (Wildman–Crippen MR) is 183 cm³/mol. The summed E-state index contributed by atoms with van der Waals surface area (Å²) >= 11 is 0. The molecule has 0 aliphatic rings. The van der Waals surface area contributed by atoms with Crippen molar-refractivity contribution in [3.05, 3.63) is 108 Å². The Labute approximate surface area is 286 Å². The fourth-order valence-electron chi connectivity index (χ4n) is 4.35. The van der Waals surface area contributed by atoms with Gasteiger partial charge in [0.15, 0.2) is 0 Å². The SMILES string of the molecule is CCOc1ccc(-c2ccc(OC(=O)c3ccc(OC(=O)c4ccc(OCCOCCOCCOC(=O)C(C)CC)cc4)cc3)cc2)cc1. The van der Waals surface area contributed by atoms with Crippen molar-refractivity contribution in [1.82, 2.24) is 0 Å². The molecule has 0 fully saturated rings. The second kappa shape index (κ2) is 19.6. The van der Waals surface area contributed by atoms with Crippen LogP contribution in [0.25, 0.3) is 11.1 Å². The molecule has 0 heterocycles. The summed E-state index contributed by atoms with van der Waals surface area (Å²) in [4.78, 5) is 36.9. The standard InChI is InChI=1S/C39H42O10/c1-4-28(3)37(40)47-27-25-44-23-22-43-24-26-46-34-16-10-31(11-17-34)38(41)49-36-20-12-32(13-21-36)39(42)48-35-18-8-30(9-19-35)29-6-14-33(15-7-29)45-5-2/h6-21,28H,4-5,22-27H2,1-3H3. The third-order valence-corrected chi connectivity index (χ3v) is 7.31. The summed E-state index contributed by atoms with van der Waals surface area (Å²) in [5.41, 5.74) is 2.66. The van der Waals surface area contributed by atoms with Gasteiger partial charge in [0.25, 0.3) is 0 Å². The minimum absolute atomic E-state index is 0.105. The smallest absolute Gasteiger partial charge is 0.343 e. The summed E-state index contributed by atoms with van der Waals surface area (Å²) in [5.74, 6) is 0.691. The number of carbonyl (C=O) groups excluding carboxylic acids is 3. The Kier molecular flexibility index (Phi) is 14.6. The monoisotopic (exact) mass is 670 g/mol. The van der Waals surface area contributed by atoms with Crippen LogP contribution in [-0.4, -0.2) is 64.2 Å². The van der Waals surface area contributed by atoms with E-state index in [1.807, 2.05) is 57.2 Å². The van der Waals surface area contributed by atoms with Gasteiger partial charge in [0.2, 0.25) is 0 Å².